The number of carbonyl (C=O) groups is 1. The molecule has 0 aromatic heterocycles. The van der Waals surface area contributed by atoms with Crippen LogP contribution in [0.25, 0.3) is 0 Å². The Morgan fingerprint density at radius 3 is 2.43 bits per heavy atom. The zero-order valence-corrected chi connectivity index (χ0v) is 9.25. The smallest absolute Gasteiger partial charge is 0.163 e. The van der Waals surface area contributed by atoms with Crippen molar-refractivity contribution in [2.24, 2.45) is 5.92 Å². The molecule has 3 heteroatoms. The van der Waals surface area contributed by atoms with E-state index in [1.807, 2.05) is 32.1 Å². The van der Waals surface area contributed by atoms with Gasteiger partial charge in [-0.05, 0) is 19.8 Å². The fourth-order valence-electron chi connectivity index (χ4n) is 1.73. The van der Waals surface area contributed by atoms with Crippen molar-refractivity contribution >= 4 is 5.78 Å². The predicted octanol–water partition coefficient (Wildman–Crippen LogP) is 1.45. The lowest BCUT2D eigenvalue weighted by Gasteiger charge is -2.21. The number of nitrogens with zero attached hydrogens (tertiary/aromatic N) is 1. The molecule has 0 amide bonds. The van der Waals surface area contributed by atoms with Crippen molar-refractivity contribution < 1.29 is 9.53 Å². The van der Waals surface area contributed by atoms with Gasteiger partial charge in [0.2, 0.25) is 0 Å². The molecule has 1 aliphatic heterocycles. The topological polar surface area (TPSA) is 29.5 Å². The molecule has 1 fully saturated rings. The van der Waals surface area contributed by atoms with Gasteiger partial charge in [0.1, 0.15) is 0 Å². The Morgan fingerprint density at radius 2 is 1.93 bits per heavy atom. The largest absolute Gasteiger partial charge is 0.383 e. The van der Waals surface area contributed by atoms with E-state index >= 15 is 0 Å². The van der Waals surface area contributed by atoms with E-state index in [4.69, 9.17) is 4.74 Å². The van der Waals surface area contributed by atoms with Gasteiger partial charge in [-0.1, -0.05) is 0 Å². The maximum Gasteiger partial charge on any atom is 0.163 e. The number of rotatable bonds is 3. The molecule has 0 radical (unpaired) electrons. The first-order valence-corrected chi connectivity index (χ1v) is 5.08. The average molecular weight is 197 g/mol. The van der Waals surface area contributed by atoms with E-state index in [0.717, 1.165) is 31.6 Å². The summed E-state index contributed by atoms with van der Waals surface area (Å²) in [6.45, 7) is 3.34. The number of allylic oxidation sites excluding steroid dienone is 1. The number of hydrogen-bond acceptors (Lipinski definition) is 3. The second-order valence-electron chi connectivity index (χ2n) is 4.03. The Morgan fingerprint density at radius 1 is 1.36 bits per heavy atom. The first kappa shape index (κ1) is 11.2. The van der Waals surface area contributed by atoms with Crippen LogP contribution in [0.1, 0.15) is 19.8 Å². The number of ether oxygens (including phenoxy) is 1. The van der Waals surface area contributed by atoms with Crippen molar-refractivity contribution in [2.75, 3.05) is 27.3 Å². The quantitative estimate of drug-likeness (QED) is 0.641. The SMILES string of the molecule is C/C(=C/N(C)C)C(=O)C1CCOCC1. The zero-order chi connectivity index (χ0) is 10.6. The maximum atomic E-state index is 11.9. The third-order valence-electron chi connectivity index (χ3n) is 2.43. The maximum absolute atomic E-state index is 11.9. The third-order valence-corrected chi connectivity index (χ3v) is 2.43. The molecule has 1 saturated heterocycles. The molecule has 0 spiro atoms. The lowest BCUT2D eigenvalue weighted by atomic mass is 9.92. The van der Waals surface area contributed by atoms with Gasteiger partial charge in [-0.2, -0.15) is 0 Å². The lowest BCUT2D eigenvalue weighted by Crippen LogP contribution is -2.24. The summed E-state index contributed by atoms with van der Waals surface area (Å²) < 4.78 is 5.23. The highest BCUT2D eigenvalue weighted by Crippen LogP contribution is 2.19. The number of hydrogen-bond donors (Lipinski definition) is 0. The fraction of sp³-hybridized carbons (Fsp3) is 0.727. The van der Waals surface area contributed by atoms with Crippen LogP contribution in [0.15, 0.2) is 11.8 Å². The molecule has 14 heavy (non-hydrogen) atoms. The summed E-state index contributed by atoms with van der Waals surface area (Å²) in [5.74, 6) is 0.460. The molecule has 80 valence electrons. The predicted molar refractivity (Wildman–Crippen MR) is 56.0 cm³/mol. The summed E-state index contributed by atoms with van der Waals surface area (Å²) in [6, 6.07) is 0. The standard InChI is InChI=1S/C11H19NO2/c1-9(8-12(2)3)11(13)10-4-6-14-7-5-10/h8,10H,4-7H2,1-3H3/b9-8-. The Bertz CT molecular complexity index is 227. The van der Waals surface area contributed by atoms with Gasteiger partial charge >= 0.3 is 0 Å². The van der Waals surface area contributed by atoms with E-state index in [9.17, 15) is 4.79 Å². The lowest BCUT2D eigenvalue weighted by molar-refractivity contribution is -0.121. The molecule has 1 heterocycles. The van der Waals surface area contributed by atoms with Crippen molar-refractivity contribution in [1.29, 1.82) is 0 Å². The average Bonchev–Trinajstić information content (AvgIpc) is 2.17. The molecular formula is C11H19NO2. The van der Waals surface area contributed by atoms with Gasteiger partial charge in [-0.15, -0.1) is 0 Å². The zero-order valence-electron chi connectivity index (χ0n) is 9.25. The molecule has 1 aliphatic rings. The van der Waals surface area contributed by atoms with E-state index in [1.165, 1.54) is 0 Å². The monoisotopic (exact) mass is 197 g/mol. The highest BCUT2D eigenvalue weighted by Gasteiger charge is 2.22. The van der Waals surface area contributed by atoms with Crippen LogP contribution in [0.2, 0.25) is 0 Å². The van der Waals surface area contributed by atoms with Crippen LogP contribution in [0.3, 0.4) is 0 Å². The summed E-state index contributed by atoms with van der Waals surface area (Å²) in [7, 11) is 3.86. The first-order valence-electron chi connectivity index (χ1n) is 5.08. The van der Waals surface area contributed by atoms with Gasteiger partial charge in [-0.3, -0.25) is 4.79 Å². The Balaban J connectivity index is 2.54. The van der Waals surface area contributed by atoms with Gasteiger partial charge in [0.05, 0.1) is 0 Å². The van der Waals surface area contributed by atoms with Crippen molar-refractivity contribution in [3.63, 3.8) is 0 Å². The van der Waals surface area contributed by atoms with Crippen molar-refractivity contribution in [3.8, 4) is 0 Å². The van der Waals surface area contributed by atoms with Crippen LogP contribution in [-0.4, -0.2) is 38.0 Å². The van der Waals surface area contributed by atoms with Gasteiger partial charge in [0, 0.05) is 45.0 Å². The van der Waals surface area contributed by atoms with Crippen molar-refractivity contribution in [3.05, 3.63) is 11.8 Å². The molecule has 0 aromatic carbocycles. The normalized spacial score (nSPS) is 19.5. The second kappa shape index (κ2) is 5.15. The van der Waals surface area contributed by atoms with Crippen LogP contribution in [0, 0.1) is 5.92 Å². The van der Waals surface area contributed by atoms with Gasteiger partial charge in [-0.25, -0.2) is 0 Å². The van der Waals surface area contributed by atoms with Gasteiger partial charge < -0.3 is 9.64 Å². The Labute approximate surface area is 85.7 Å². The summed E-state index contributed by atoms with van der Waals surface area (Å²) in [4.78, 5) is 13.8. The number of Topliss-reactive ketones (excluding diaryl/α,β-unsaturated/α-hetero) is 1. The number of ketones is 1. The van der Waals surface area contributed by atoms with Gasteiger partial charge in [0.25, 0.3) is 0 Å². The Hall–Kier alpha value is -0.830. The first-order chi connectivity index (χ1) is 6.61. The molecule has 3 nitrogen and oxygen atoms in total. The highest BCUT2D eigenvalue weighted by atomic mass is 16.5. The van der Waals surface area contributed by atoms with E-state index < -0.39 is 0 Å². The molecule has 0 unspecified atom stereocenters. The number of carbonyl (C=O) groups excluding carboxylic acids is 1. The molecular weight excluding hydrogens is 178 g/mol. The van der Waals surface area contributed by atoms with E-state index in [2.05, 4.69) is 0 Å². The fourth-order valence-corrected chi connectivity index (χ4v) is 1.73. The Kier molecular flexibility index (Phi) is 4.14. The van der Waals surface area contributed by atoms with E-state index in [1.54, 1.807) is 0 Å². The summed E-state index contributed by atoms with van der Waals surface area (Å²) in [6.07, 6.45) is 3.63. The molecule has 0 aromatic rings. The molecule has 0 bridgehead atoms. The summed E-state index contributed by atoms with van der Waals surface area (Å²) in [5.41, 5.74) is 0.849. The highest BCUT2D eigenvalue weighted by molar-refractivity contribution is 5.96. The summed E-state index contributed by atoms with van der Waals surface area (Å²) in [5, 5.41) is 0. The van der Waals surface area contributed by atoms with Crippen LogP contribution in [0.5, 0.6) is 0 Å². The third kappa shape index (κ3) is 3.14. The van der Waals surface area contributed by atoms with Crippen LogP contribution < -0.4 is 0 Å². The van der Waals surface area contributed by atoms with Gasteiger partial charge in [0.15, 0.2) is 5.78 Å². The van der Waals surface area contributed by atoms with E-state index in [0.29, 0.717) is 0 Å². The second-order valence-corrected chi connectivity index (χ2v) is 4.03. The molecule has 0 atom stereocenters. The van der Waals surface area contributed by atoms with E-state index in [-0.39, 0.29) is 11.7 Å². The molecule has 0 saturated carbocycles. The van der Waals surface area contributed by atoms with Crippen LogP contribution in [0.4, 0.5) is 0 Å². The molecule has 1 rings (SSSR count). The minimum absolute atomic E-state index is 0.181. The molecule has 0 aliphatic carbocycles. The van der Waals surface area contributed by atoms with Crippen LogP contribution >= 0.6 is 0 Å². The minimum Gasteiger partial charge on any atom is -0.383 e. The van der Waals surface area contributed by atoms with Crippen molar-refractivity contribution in [1.82, 2.24) is 4.90 Å². The van der Waals surface area contributed by atoms with Crippen LogP contribution in [-0.2, 0) is 9.53 Å². The summed E-state index contributed by atoms with van der Waals surface area (Å²) >= 11 is 0. The van der Waals surface area contributed by atoms with Crippen molar-refractivity contribution in [2.45, 2.75) is 19.8 Å². The molecule has 0 N–H and O–H groups in total. The minimum atomic E-state index is 0.181.